The molecule has 0 aromatic heterocycles. The summed E-state index contributed by atoms with van der Waals surface area (Å²) in [5.41, 5.74) is 1.92. The first-order valence-corrected chi connectivity index (χ1v) is 3.54. The van der Waals surface area contributed by atoms with E-state index in [1.54, 1.807) is 0 Å². The highest BCUT2D eigenvalue weighted by Gasteiger charge is 1.95. The van der Waals surface area contributed by atoms with Gasteiger partial charge in [0.1, 0.15) is 0 Å². The molecule has 1 heteroatoms. The molecule has 0 heterocycles. The second-order valence-corrected chi connectivity index (χ2v) is 2.28. The average molecular weight is 146 g/mol. The summed E-state index contributed by atoms with van der Waals surface area (Å²) in [5, 5.41) is 8.67. The van der Waals surface area contributed by atoms with Gasteiger partial charge in [-0.1, -0.05) is 24.1 Å². The number of aliphatic hydroxyl groups excluding tert-OH is 1. The molecule has 0 saturated carbocycles. The monoisotopic (exact) mass is 146 g/mol. The molecule has 0 fully saturated rings. The van der Waals surface area contributed by atoms with Gasteiger partial charge >= 0.3 is 0 Å². The van der Waals surface area contributed by atoms with Crippen molar-refractivity contribution in [3.63, 3.8) is 0 Å². The quantitative estimate of drug-likeness (QED) is 0.622. The summed E-state index contributed by atoms with van der Waals surface area (Å²) in [7, 11) is 0. The predicted octanol–water partition coefficient (Wildman–Crippen LogP) is 1.20. The lowest BCUT2D eigenvalue weighted by molar-refractivity contribution is 0.299. The zero-order chi connectivity index (χ0) is 8.10. The Bertz CT molecular complexity index is 270. The Labute approximate surface area is 66.7 Å². The van der Waals surface area contributed by atoms with Gasteiger partial charge in [0.2, 0.25) is 0 Å². The molecule has 0 aliphatic rings. The van der Waals surface area contributed by atoms with E-state index in [1.807, 2.05) is 24.3 Å². The summed E-state index contributed by atoms with van der Waals surface area (Å²) in [6, 6.07) is 7.64. The van der Waals surface area contributed by atoms with Crippen molar-refractivity contribution in [3.05, 3.63) is 35.4 Å². The van der Waals surface area contributed by atoms with Crippen LogP contribution in [0.2, 0.25) is 0 Å². The molecular weight excluding hydrogens is 136 g/mol. The van der Waals surface area contributed by atoms with Crippen molar-refractivity contribution in [2.75, 3.05) is 6.61 Å². The molecule has 0 atom stereocenters. The van der Waals surface area contributed by atoms with Crippen molar-refractivity contribution >= 4 is 0 Å². The van der Waals surface area contributed by atoms with Crippen LogP contribution in [0.5, 0.6) is 0 Å². The molecule has 0 spiro atoms. The van der Waals surface area contributed by atoms with Gasteiger partial charge in [0.15, 0.2) is 0 Å². The van der Waals surface area contributed by atoms with Crippen LogP contribution in [0.1, 0.15) is 11.1 Å². The maximum atomic E-state index is 8.67. The Kier molecular flexibility index (Phi) is 2.71. The second kappa shape index (κ2) is 3.80. The minimum absolute atomic E-state index is 0.151. The van der Waals surface area contributed by atoms with Crippen LogP contribution in [-0.2, 0) is 6.42 Å². The average Bonchev–Trinajstić information content (AvgIpc) is 2.06. The summed E-state index contributed by atoms with van der Waals surface area (Å²) in [5.74, 6) is 2.57. The Hall–Kier alpha value is -1.26. The maximum Gasteiger partial charge on any atom is 0.0471 e. The first kappa shape index (κ1) is 7.84. The zero-order valence-corrected chi connectivity index (χ0v) is 6.25. The van der Waals surface area contributed by atoms with Gasteiger partial charge in [-0.3, -0.25) is 0 Å². The fourth-order valence-electron chi connectivity index (χ4n) is 1.000. The molecule has 1 aromatic carbocycles. The third-order valence-electron chi connectivity index (χ3n) is 1.55. The number of benzene rings is 1. The molecule has 11 heavy (non-hydrogen) atoms. The molecule has 0 aliphatic carbocycles. The van der Waals surface area contributed by atoms with Crippen LogP contribution in [0, 0.1) is 12.3 Å². The van der Waals surface area contributed by atoms with E-state index in [2.05, 4.69) is 5.92 Å². The molecular formula is C10H10O. The van der Waals surface area contributed by atoms with E-state index >= 15 is 0 Å². The summed E-state index contributed by atoms with van der Waals surface area (Å²) >= 11 is 0. The van der Waals surface area contributed by atoms with E-state index in [0.717, 1.165) is 11.1 Å². The molecule has 56 valence electrons. The van der Waals surface area contributed by atoms with Gasteiger partial charge in [0, 0.05) is 12.2 Å². The zero-order valence-electron chi connectivity index (χ0n) is 6.25. The van der Waals surface area contributed by atoms with Crippen LogP contribution < -0.4 is 0 Å². The molecule has 0 bridgehead atoms. The Morgan fingerprint density at radius 1 is 1.36 bits per heavy atom. The standard InChI is InChI=1S/C10H10O/c1-2-9-5-3-4-6-10(9)7-8-11/h1,3-6,11H,7-8H2. The highest BCUT2D eigenvalue weighted by Crippen LogP contribution is 2.06. The van der Waals surface area contributed by atoms with Crippen LogP contribution in [-0.4, -0.2) is 11.7 Å². The first-order chi connectivity index (χ1) is 5.38. The fourth-order valence-corrected chi connectivity index (χ4v) is 1.000. The third-order valence-corrected chi connectivity index (χ3v) is 1.55. The topological polar surface area (TPSA) is 20.2 Å². The van der Waals surface area contributed by atoms with E-state index in [9.17, 15) is 0 Å². The molecule has 0 aliphatic heterocycles. The van der Waals surface area contributed by atoms with E-state index in [-0.39, 0.29) is 6.61 Å². The van der Waals surface area contributed by atoms with Crippen molar-refractivity contribution in [1.82, 2.24) is 0 Å². The fraction of sp³-hybridized carbons (Fsp3) is 0.200. The molecule has 1 rings (SSSR count). The van der Waals surface area contributed by atoms with E-state index in [1.165, 1.54) is 0 Å². The van der Waals surface area contributed by atoms with Crippen LogP contribution in [0.4, 0.5) is 0 Å². The minimum atomic E-state index is 0.151. The molecule has 1 N–H and O–H groups in total. The van der Waals surface area contributed by atoms with Crippen molar-refractivity contribution < 1.29 is 5.11 Å². The summed E-state index contributed by atoms with van der Waals surface area (Å²) in [6.07, 6.45) is 5.89. The molecule has 0 amide bonds. The normalized spacial score (nSPS) is 9.09. The Morgan fingerprint density at radius 3 is 2.73 bits per heavy atom. The van der Waals surface area contributed by atoms with E-state index in [4.69, 9.17) is 11.5 Å². The number of hydrogen-bond donors (Lipinski definition) is 1. The lowest BCUT2D eigenvalue weighted by Crippen LogP contribution is -1.93. The second-order valence-electron chi connectivity index (χ2n) is 2.28. The smallest absolute Gasteiger partial charge is 0.0471 e. The van der Waals surface area contributed by atoms with Gasteiger partial charge in [0.25, 0.3) is 0 Å². The van der Waals surface area contributed by atoms with Crippen molar-refractivity contribution in [2.24, 2.45) is 0 Å². The van der Waals surface area contributed by atoms with Crippen molar-refractivity contribution in [3.8, 4) is 12.3 Å². The SMILES string of the molecule is C#Cc1ccccc1CCO. The van der Waals surface area contributed by atoms with Gasteiger partial charge < -0.3 is 5.11 Å². The summed E-state index contributed by atoms with van der Waals surface area (Å²) < 4.78 is 0. The van der Waals surface area contributed by atoms with Crippen molar-refractivity contribution in [1.29, 1.82) is 0 Å². The summed E-state index contributed by atoms with van der Waals surface area (Å²) in [4.78, 5) is 0. The van der Waals surface area contributed by atoms with Gasteiger partial charge in [0.05, 0.1) is 0 Å². The van der Waals surface area contributed by atoms with Crippen molar-refractivity contribution in [2.45, 2.75) is 6.42 Å². The lowest BCUT2D eigenvalue weighted by Gasteiger charge is -2.00. The third kappa shape index (κ3) is 1.83. The highest BCUT2D eigenvalue weighted by molar-refractivity contribution is 5.39. The van der Waals surface area contributed by atoms with E-state index < -0.39 is 0 Å². The first-order valence-electron chi connectivity index (χ1n) is 3.54. The highest BCUT2D eigenvalue weighted by atomic mass is 16.2. The lowest BCUT2D eigenvalue weighted by atomic mass is 10.1. The maximum absolute atomic E-state index is 8.67. The van der Waals surface area contributed by atoms with Gasteiger partial charge in [-0.25, -0.2) is 0 Å². The minimum Gasteiger partial charge on any atom is -0.396 e. The van der Waals surface area contributed by atoms with Gasteiger partial charge in [-0.05, 0) is 18.1 Å². The van der Waals surface area contributed by atoms with Gasteiger partial charge in [-0.15, -0.1) is 6.42 Å². The van der Waals surface area contributed by atoms with Crippen LogP contribution in [0.25, 0.3) is 0 Å². The molecule has 1 nitrogen and oxygen atoms in total. The molecule has 0 radical (unpaired) electrons. The Balaban J connectivity index is 2.95. The number of hydrogen-bond acceptors (Lipinski definition) is 1. The van der Waals surface area contributed by atoms with Crippen LogP contribution in [0.3, 0.4) is 0 Å². The predicted molar refractivity (Wildman–Crippen MR) is 45.2 cm³/mol. The van der Waals surface area contributed by atoms with Crippen LogP contribution in [0.15, 0.2) is 24.3 Å². The molecule has 0 unspecified atom stereocenters. The van der Waals surface area contributed by atoms with E-state index in [0.29, 0.717) is 6.42 Å². The number of terminal acetylenes is 1. The largest absolute Gasteiger partial charge is 0.396 e. The number of rotatable bonds is 2. The Morgan fingerprint density at radius 2 is 2.09 bits per heavy atom. The van der Waals surface area contributed by atoms with Gasteiger partial charge in [-0.2, -0.15) is 0 Å². The molecule has 1 aromatic rings. The molecule has 0 saturated heterocycles. The summed E-state index contributed by atoms with van der Waals surface area (Å²) in [6.45, 7) is 0.151. The van der Waals surface area contributed by atoms with Crippen LogP contribution >= 0.6 is 0 Å². The number of aliphatic hydroxyl groups is 1.